The Balaban J connectivity index is 2.12. The number of aromatic nitrogens is 3. The Morgan fingerprint density at radius 3 is 2.85 bits per heavy atom. The molecule has 0 amide bonds. The van der Waals surface area contributed by atoms with Crippen LogP contribution in [0.15, 0.2) is 18.2 Å². The summed E-state index contributed by atoms with van der Waals surface area (Å²) in [7, 11) is 1.52. The lowest BCUT2D eigenvalue weighted by Gasteiger charge is -2.09. The molecule has 1 aromatic heterocycles. The van der Waals surface area contributed by atoms with Crippen LogP contribution in [0.5, 0.6) is 5.75 Å². The van der Waals surface area contributed by atoms with E-state index in [1.807, 2.05) is 0 Å². The highest BCUT2D eigenvalue weighted by Gasteiger charge is 2.34. The molecule has 7 heteroatoms. The number of carboxylic acid groups (broad SMARTS) is 1. The van der Waals surface area contributed by atoms with Crippen molar-refractivity contribution in [1.82, 2.24) is 15.0 Å². The van der Waals surface area contributed by atoms with Crippen LogP contribution < -0.4 is 4.74 Å². The molecule has 6 nitrogen and oxygen atoms in total. The summed E-state index contributed by atoms with van der Waals surface area (Å²) in [6.07, 6.45) is 1.91. The monoisotopic (exact) mass is 293 g/mol. The van der Waals surface area contributed by atoms with E-state index in [1.165, 1.54) is 7.11 Å². The fraction of sp³-hybridized carbons (Fsp3) is 0.308. The second-order valence-electron chi connectivity index (χ2n) is 4.63. The van der Waals surface area contributed by atoms with Gasteiger partial charge in [-0.3, -0.25) is 0 Å². The molecule has 20 heavy (non-hydrogen) atoms. The molecule has 1 aromatic carbocycles. The molecule has 0 saturated heterocycles. The predicted molar refractivity (Wildman–Crippen MR) is 71.9 cm³/mol. The number of aromatic carboxylic acids is 1. The Hall–Kier alpha value is -2.08. The first-order valence-corrected chi connectivity index (χ1v) is 6.52. The lowest BCUT2D eigenvalue weighted by atomic mass is 10.2. The number of hydrogen-bond donors (Lipinski definition) is 1. The van der Waals surface area contributed by atoms with E-state index in [4.69, 9.17) is 16.3 Å². The summed E-state index contributed by atoms with van der Waals surface area (Å²) in [4.78, 5) is 11.2. The molecule has 0 spiro atoms. The topological polar surface area (TPSA) is 77.2 Å². The van der Waals surface area contributed by atoms with Crippen molar-refractivity contribution in [3.8, 4) is 11.4 Å². The lowest BCUT2D eigenvalue weighted by molar-refractivity contribution is 0.0689. The summed E-state index contributed by atoms with van der Waals surface area (Å²) in [5.74, 6) is -0.338. The third-order valence-electron chi connectivity index (χ3n) is 3.25. The SMILES string of the molecule is COc1cc(-n2nnc(C(=O)O)c2C2CC2)ccc1Cl. The molecule has 0 radical (unpaired) electrons. The highest BCUT2D eigenvalue weighted by Crippen LogP contribution is 2.42. The number of carbonyl (C=O) groups is 1. The van der Waals surface area contributed by atoms with Gasteiger partial charge in [-0.1, -0.05) is 16.8 Å². The van der Waals surface area contributed by atoms with E-state index in [1.54, 1.807) is 22.9 Å². The fourth-order valence-electron chi connectivity index (χ4n) is 2.14. The van der Waals surface area contributed by atoms with Gasteiger partial charge in [0.1, 0.15) is 5.75 Å². The molecule has 1 aliphatic carbocycles. The van der Waals surface area contributed by atoms with Crippen molar-refractivity contribution in [2.45, 2.75) is 18.8 Å². The molecule has 1 saturated carbocycles. The minimum atomic E-state index is -1.06. The van der Waals surface area contributed by atoms with Crippen molar-refractivity contribution in [3.05, 3.63) is 34.6 Å². The van der Waals surface area contributed by atoms with E-state index in [2.05, 4.69) is 10.3 Å². The van der Waals surface area contributed by atoms with E-state index in [9.17, 15) is 9.90 Å². The maximum atomic E-state index is 11.2. The summed E-state index contributed by atoms with van der Waals surface area (Å²) in [6, 6.07) is 5.17. The summed E-state index contributed by atoms with van der Waals surface area (Å²) in [5.41, 5.74) is 1.34. The Kier molecular flexibility index (Phi) is 3.10. The molecule has 1 fully saturated rings. The molecular formula is C13H12ClN3O3. The maximum Gasteiger partial charge on any atom is 0.358 e. The van der Waals surface area contributed by atoms with Gasteiger partial charge in [0.05, 0.1) is 23.5 Å². The fourth-order valence-corrected chi connectivity index (χ4v) is 2.33. The predicted octanol–water partition coefficient (Wildman–Crippen LogP) is 2.50. The number of nitrogens with zero attached hydrogens (tertiary/aromatic N) is 3. The minimum Gasteiger partial charge on any atom is -0.495 e. The van der Waals surface area contributed by atoms with Gasteiger partial charge in [-0.25, -0.2) is 9.48 Å². The van der Waals surface area contributed by atoms with E-state index in [0.717, 1.165) is 12.8 Å². The highest BCUT2D eigenvalue weighted by molar-refractivity contribution is 6.32. The average Bonchev–Trinajstić information content (AvgIpc) is 3.17. The third-order valence-corrected chi connectivity index (χ3v) is 3.56. The molecule has 0 aliphatic heterocycles. The van der Waals surface area contributed by atoms with E-state index in [-0.39, 0.29) is 11.6 Å². The van der Waals surface area contributed by atoms with Crippen molar-refractivity contribution < 1.29 is 14.6 Å². The van der Waals surface area contributed by atoms with Gasteiger partial charge in [0.25, 0.3) is 0 Å². The minimum absolute atomic E-state index is 0.0152. The van der Waals surface area contributed by atoms with Gasteiger partial charge < -0.3 is 9.84 Å². The van der Waals surface area contributed by atoms with Gasteiger partial charge >= 0.3 is 5.97 Å². The van der Waals surface area contributed by atoms with Crippen LogP contribution in [-0.4, -0.2) is 33.2 Å². The molecule has 0 atom stereocenters. The number of ether oxygens (including phenoxy) is 1. The second kappa shape index (κ2) is 4.79. The summed E-state index contributed by atoms with van der Waals surface area (Å²) in [6.45, 7) is 0. The Labute approximate surface area is 119 Å². The van der Waals surface area contributed by atoms with Crippen LogP contribution in [0, 0.1) is 0 Å². The van der Waals surface area contributed by atoms with Crippen LogP contribution in [0.4, 0.5) is 0 Å². The standard InChI is InChI=1S/C13H12ClN3O3/c1-20-10-6-8(4-5-9(10)14)17-12(7-2-3-7)11(13(18)19)15-16-17/h4-7H,2-3H2,1H3,(H,18,19). The van der Waals surface area contributed by atoms with Crippen molar-refractivity contribution in [1.29, 1.82) is 0 Å². The molecule has 1 N–H and O–H groups in total. The van der Waals surface area contributed by atoms with Crippen LogP contribution in [-0.2, 0) is 0 Å². The van der Waals surface area contributed by atoms with Crippen LogP contribution in [0.3, 0.4) is 0 Å². The van der Waals surface area contributed by atoms with Crippen LogP contribution in [0.2, 0.25) is 5.02 Å². The first kappa shape index (κ1) is 12.9. The van der Waals surface area contributed by atoms with Crippen molar-refractivity contribution in [2.24, 2.45) is 0 Å². The van der Waals surface area contributed by atoms with E-state index in [0.29, 0.717) is 22.2 Å². The molecule has 0 unspecified atom stereocenters. The largest absolute Gasteiger partial charge is 0.495 e. The van der Waals surface area contributed by atoms with Gasteiger partial charge in [-0.2, -0.15) is 0 Å². The summed E-state index contributed by atoms with van der Waals surface area (Å²) >= 11 is 5.99. The Morgan fingerprint density at radius 1 is 1.50 bits per heavy atom. The van der Waals surface area contributed by atoms with Gasteiger partial charge in [-0.15, -0.1) is 5.10 Å². The lowest BCUT2D eigenvalue weighted by Crippen LogP contribution is -2.06. The molecule has 1 aliphatic rings. The highest BCUT2D eigenvalue weighted by atomic mass is 35.5. The van der Waals surface area contributed by atoms with E-state index >= 15 is 0 Å². The van der Waals surface area contributed by atoms with Gasteiger partial charge in [-0.05, 0) is 25.0 Å². The first-order valence-electron chi connectivity index (χ1n) is 6.14. The van der Waals surface area contributed by atoms with Crippen molar-refractivity contribution >= 4 is 17.6 Å². The molecule has 1 heterocycles. The van der Waals surface area contributed by atoms with Crippen molar-refractivity contribution in [3.63, 3.8) is 0 Å². The first-order chi connectivity index (χ1) is 9.61. The molecule has 0 bridgehead atoms. The average molecular weight is 294 g/mol. The number of hydrogen-bond acceptors (Lipinski definition) is 4. The quantitative estimate of drug-likeness (QED) is 0.937. The second-order valence-corrected chi connectivity index (χ2v) is 5.04. The van der Waals surface area contributed by atoms with Crippen molar-refractivity contribution in [2.75, 3.05) is 7.11 Å². The zero-order chi connectivity index (χ0) is 14.3. The summed E-state index contributed by atoms with van der Waals surface area (Å²) in [5, 5.41) is 17.4. The zero-order valence-corrected chi connectivity index (χ0v) is 11.5. The maximum absolute atomic E-state index is 11.2. The Bertz CT molecular complexity index is 679. The van der Waals surface area contributed by atoms with Crippen LogP contribution in [0.25, 0.3) is 5.69 Å². The number of carboxylic acids is 1. The molecule has 104 valence electrons. The summed E-state index contributed by atoms with van der Waals surface area (Å²) < 4.78 is 6.72. The van der Waals surface area contributed by atoms with Crippen LogP contribution >= 0.6 is 11.6 Å². The van der Waals surface area contributed by atoms with Gasteiger partial charge in [0.15, 0.2) is 5.69 Å². The van der Waals surface area contributed by atoms with E-state index < -0.39 is 5.97 Å². The smallest absolute Gasteiger partial charge is 0.358 e. The van der Waals surface area contributed by atoms with Gasteiger partial charge in [0.2, 0.25) is 0 Å². The Morgan fingerprint density at radius 2 is 2.25 bits per heavy atom. The number of halogens is 1. The third kappa shape index (κ3) is 2.12. The number of rotatable bonds is 4. The number of benzene rings is 1. The number of methoxy groups -OCH3 is 1. The van der Waals surface area contributed by atoms with Crippen LogP contribution in [0.1, 0.15) is 34.9 Å². The molecule has 2 aromatic rings. The molecule has 3 rings (SSSR count). The van der Waals surface area contributed by atoms with Gasteiger partial charge in [0, 0.05) is 12.0 Å². The molecular weight excluding hydrogens is 282 g/mol. The normalized spacial score (nSPS) is 14.3. The zero-order valence-electron chi connectivity index (χ0n) is 10.7.